The zero-order valence-electron chi connectivity index (χ0n) is 8.53. The number of rotatable bonds is 3. The highest BCUT2D eigenvalue weighted by Crippen LogP contribution is 2.22. The van der Waals surface area contributed by atoms with Gasteiger partial charge in [-0.1, -0.05) is 23.2 Å². The van der Waals surface area contributed by atoms with Crippen molar-refractivity contribution >= 4 is 51.6 Å². The molecule has 17 heavy (non-hydrogen) atoms. The molecule has 0 aliphatic heterocycles. The van der Waals surface area contributed by atoms with E-state index in [1.807, 2.05) is 0 Å². The smallest absolute Gasteiger partial charge is 0.184 e. The number of halogens is 3. The summed E-state index contributed by atoms with van der Waals surface area (Å²) in [5.41, 5.74) is 0.532. The van der Waals surface area contributed by atoms with Gasteiger partial charge in [0.15, 0.2) is 5.78 Å². The molecule has 0 radical (unpaired) electrons. The molecule has 0 amide bonds. The fourth-order valence-electron chi connectivity index (χ4n) is 1.33. The van der Waals surface area contributed by atoms with Gasteiger partial charge in [-0.15, -0.1) is 0 Å². The Morgan fingerprint density at radius 2 is 2.12 bits per heavy atom. The molecule has 0 saturated heterocycles. The molecule has 6 heteroatoms. The highest BCUT2D eigenvalue weighted by Gasteiger charge is 2.09. The first-order valence-corrected chi connectivity index (χ1v) is 6.56. The van der Waals surface area contributed by atoms with Crippen molar-refractivity contribution in [3.63, 3.8) is 0 Å². The van der Waals surface area contributed by atoms with E-state index >= 15 is 0 Å². The van der Waals surface area contributed by atoms with E-state index in [0.29, 0.717) is 15.6 Å². The van der Waals surface area contributed by atoms with E-state index in [0.717, 1.165) is 3.57 Å². The van der Waals surface area contributed by atoms with Crippen LogP contribution in [0.1, 0.15) is 10.4 Å². The number of aromatic nitrogens is 2. The van der Waals surface area contributed by atoms with Crippen molar-refractivity contribution in [1.82, 2.24) is 9.78 Å². The van der Waals surface area contributed by atoms with Crippen LogP contribution in [0.3, 0.4) is 0 Å². The summed E-state index contributed by atoms with van der Waals surface area (Å²) in [5.74, 6) is -0.0527. The lowest BCUT2D eigenvalue weighted by Crippen LogP contribution is -2.10. The Morgan fingerprint density at radius 3 is 2.71 bits per heavy atom. The Labute approximate surface area is 122 Å². The Balaban J connectivity index is 2.17. The maximum absolute atomic E-state index is 11.9. The molecular formula is C11H7Cl2IN2O. The van der Waals surface area contributed by atoms with Gasteiger partial charge in [0.05, 0.1) is 19.8 Å². The number of ketones is 1. The van der Waals surface area contributed by atoms with Crippen LogP contribution in [-0.4, -0.2) is 15.6 Å². The topological polar surface area (TPSA) is 34.9 Å². The lowest BCUT2D eigenvalue weighted by atomic mass is 10.1. The van der Waals surface area contributed by atoms with E-state index < -0.39 is 0 Å². The molecule has 1 aromatic heterocycles. The van der Waals surface area contributed by atoms with Crippen molar-refractivity contribution < 1.29 is 4.79 Å². The molecule has 0 aliphatic rings. The molecule has 0 atom stereocenters. The molecule has 2 aromatic rings. The molecule has 0 N–H and O–H groups in total. The minimum Gasteiger partial charge on any atom is -0.292 e. The molecule has 0 saturated carbocycles. The lowest BCUT2D eigenvalue weighted by Gasteiger charge is -2.03. The maximum Gasteiger partial charge on any atom is 0.184 e. The van der Waals surface area contributed by atoms with E-state index in [1.54, 1.807) is 35.3 Å². The number of hydrogen-bond donors (Lipinski definition) is 0. The van der Waals surface area contributed by atoms with Crippen molar-refractivity contribution in [2.24, 2.45) is 0 Å². The first-order chi connectivity index (χ1) is 8.06. The average molecular weight is 381 g/mol. The standard InChI is InChI=1S/C11H7Cl2IN2O/c12-9-2-1-7(3-10(9)13)11(17)6-16-5-8(14)4-15-16/h1-5H,6H2. The SMILES string of the molecule is O=C(Cn1cc(I)cn1)c1ccc(Cl)c(Cl)c1. The van der Waals surface area contributed by atoms with E-state index in [1.165, 1.54) is 0 Å². The summed E-state index contributed by atoms with van der Waals surface area (Å²) in [6.07, 6.45) is 3.50. The highest BCUT2D eigenvalue weighted by atomic mass is 127. The fraction of sp³-hybridized carbons (Fsp3) is 0.0909. The second-order valence-electron chi connectivity index (χ2n) is 3.41. The van der Waals surface area contributed by atoms with Gasteiger partial charge >= 0.3 is 0 Å². The summed E-state index contributed by atoms with van der Waals surface area (Å²) in [5, 5.41) is 4.87. The highest BCUT2D eigenvalue weighted by molar-refractivity contribution is 14.1. The van der Waals surface area contributed by atoms with Gasteiger partial charge in [-0.3, -0.25) is 9.48 Å². The molecule has 0 bridgehead atoms. The lowest BCUT2D eigenvalue weighted by molar-refractivity contribution is 0.0967. The zero-order chi connectivity index (χ0) is 12.4. The van der Waals surface area contributed by atoms with Crippen molar-refractivity contribution in [2.45, 2.75) is 6.54 Å². The van der Waals surface area contributed by atoms with Crippen molar-refractivity contribution in [3.8, 4) is 0 Å². The first kappa shape index (κ1) is 12.9. The summed E-state index contributed by atoms with van der Waals surface area (Å²) >= 11 is 13.8. The van der Waals surface area contributed by atoms with Gasteiger partial charge in [-0.2, -0.15) is 5.10 Å². The summed E-state index contributed by atoms with van der Waals surface area (Å²) in [7, 11) is 0. The maximum atomic E-state index is 11.9. The molecule has 0 fully saturated rings. The summed E-state index contributed by atoms with van der Waals surface area (Å²) in [6.45, 7) is 0.195. The van der Waals surface area contributed by atoms with Crippen LogP contribution in [0, 0.1) is 3.57 Å². The molecule has 3 nitrogen and oxygen atoms in total. The van der Waals surface area contributed by atoms with Crippen LogP contribution < -0.4 is 0 Å². The number of carbonyl (C=O) groups is 1. The quantitative estimate of drug-likeness (QED) is 0.601. The zero-order valence-corrected chi connectivity index (χ0v) is 12.2. The van der Waals surface area contributed by atoms with Gasteiger partial charge in [0.2, 0.25) is 0 Å². The van der Waals surface area contributed by atoms with Crippen molar-refractivity contribution in [2.75, 3.05) is 0 Å². The molecular weight excluding hydrogens is 374 g/mol. The molecule has 1 aromatic carbocycles. The van der Waals surface area contributed by atoms with Gasteiger partial charge in [0, 0.05) is 11.8 Å². The number of hydrogen-bond acceptors (Lipinski definition) is 2. The molecule has 2 rings (SSSR count). The third-order valence-corrected chi connectivity index (χ3v) is 3.45. The minimum absolute atomic E-state index is 0.0527. The largest absolute Gasteiger partial charge is 0.292 e. The van der Waals surface area contributed by atoms with Crippen LogP contribution >= 0.6 is 45.8 Å². The van der Waals surface area contributed by atoms with Crippen LogP contribution in [0.2, 0.25) is 10.0 Å². The van der Waals surface area contributed by atoms with Gasteiger partial charge in [-0.25, -0.2) is 0 Å². The Kier molecular flexibility index (Phi) is 4.06. The van der Waals surface area contributed by atoms with Gasteiger partial charge in [-0.05, 0) is 40.8 Å². The minimum atomic E-state index is -0.0527. The van der Waals surface area contributed by atoms with Gasteiger partial charge in [0.1, 0.15) is 6.54 Å². The van der Waals surface area contributed by atoms with Crippen LogP contribution in [0.5, 0.6) is 0 Å². The second kappa shape index (κ2) is 5.37. The van der Waals surface area contributed by atoms with Crippen LogP contribution in [-0.2, 0) is 6.54 Å². The van der Waals surface area contributed by atoms with E-state index in [9.17, 15) is 4.79 Å². The summed E-state index contributed by atoms with van der Waals surface area (Å²) in [4.78, 5) is 11.9. The van der Waals surface area contributed by atoms with Crippen molar-refractivity contribution in [1.29, 1.82) is 0 Å². The van der Waals surface area contributed by atoms with E-state index in [2.05, 4.69) is 27.7 Å². The Bertz CT molecular complexity index is 568. The second-order valence-corrected chi connectivity index (χ2v) is 5.47. The first-order valence-electron chi connectivity index (χ1n) is 4.72. The summed E-state index contributed by atoms with van der Waals surface area (Å²) in [6, 6.07) is 4.84. The number of Topliss-reactive ketones (excluding diaryl/α,β-unsaturated/α-hetero) is 1. The Morgan fingerprint density at radius 1 is 1.35 bits per heavy atom. The summed E-state index contributed by atoms with van der Waals surface area (Å²) < 4.78 is 2.58. The number of carbonyl (C=O) groups excluding carboxylic acids is 1. The Hall–Kier alpha value is -0.590. The van der Waals surface area contributed by atoms with Crippen LogP contribution in [0.4, 0.5) is 0 Å². The molecule has 88 valence electrons. The van der Waals surface area contributed by atoms with Gasteiger partial charge in [0.25, 0.3) is 0 Å². The number of benzene rings is 1. The molecule has 0 spiro atoms. The monoisotopic (exact) mass is 380 g/mol. The third-order valence-electron chi connectivity index (χ3n) is 2.15. The predicted octanol–water partition coefficient (Wildman–Crippen LogP) is 3.68. The van der Waals surface area contributed by atoms with Crippen LogP contribution in [0.25, 0.3) is 0 Å². The van der Waals surface area contributed by atoms with Gasteiger partial charge < -0.3 is 0 Å². The molecule has 0 aliphatic carbocycles. The van der Waals surface area contributed by atoms with E-state index in [-0.39, 0.29) is 12.3 Å². The number of nitrogens with zero attached hydrogens (tertiary/aromatic N) is 2. The van der Waals surface area contributed by atoms with Crippen molar-refractivity contribution in [3.05, 3.63) is 49.8 Å². The van der Waals surface area contributed by atoms with E-state index in [4.69, 9.17) is 23.2 Å². The molecule has 1 heterocycles. The molecule has 0 unspecified atom stereocenters. The fourth-order valence-corrected chi connectivity index (χ4v) is 2.08. The van der Waals surface area contributed by atoms with Crippen LogP contribution in [0.15, 0.2) is 30.6 Å². The third kappa shape index (κ3) is 3.20. The predicted molar refractivity (Wildman–Crippen MR) is 75.7 cm³/mol. The normalized spacial score (nSPS) is 10.5. The average Bonchev–Trinajstić information content (AvgIpc) is 2.68.